The molecule has 3 aromatic rings. The molecule has 3 aromatic heterocycles. The lowest BCUT2D eigenvalue weighted by Crippen LogP contribution is -1.93. The fraction of sp³-hybridized carbons (Fsp3) is 0.167. The maximum atomic E-state index is 5.94. The fourth-order valence-electron chi connectivity index (χ4n) is 2.12. The smallest absolute Gasteiger partial charge is 0.229 e. The third kappa shape index (κ3) is 1.51. The molecule has 0 bridgehead atoms. The van der Waals surface area contributed by atoms with Crippen LogP contribution in [0.4, 0.5) is 0 Å². The highest BCUT2D eigenvalue weighted by Gasteiger charge is 2.16. The Labute approximate surface area is 117 Å². The van der Waals surface area contributed by atoms with Crippen LogP contribution in [0.2, 0.25) is 5.15 Å². The van der Waals surface area contributed by atoms with Gasteiger partial charge in [0.25, 0.3) is 0 Å². The monoisotopic (exact) mass is 325 g/mol. The molecule has 0 aliphatic heterocycles. The summed E-state index contributed by atoms with van der Waals surface area (Å²) in [4.78, 5) is 8.62. The van der Waals surface area contributed by atoms with E-state index in [0.29, 0.717) is 11.0 Å². The maximum absolute atomic E-state index is 5.94. The topological polar surface area (TPSA) is 39.9 Å². The SMILES string of the molecule is COc1ncc2c3ccc(Cl)nc3n(C)c2c1Br. The summed E-state index contributed by atoms with van der Waals surface area (Å²) in [6.45, 7) is 0. The quantitative estimate of drug-likeness (QED) is 0.642. The highest BCUT2D eigenvalue weighted by Crippen LogP contribution is 2.36. The second-order valence-electron chi connectivity index (χ2n) is 3.91. The van der Waals surface area contributed by atoms with Crippen LogP contribution >= 0.6 is 27.5 Å². The summed E-state index contributed by atoms with van der Waals surface area (Å²) in [6, 6.07) is 3.73. The van der Waals surface area contributed by atoms with Gasteiger partial charge >= 0.3 is 0 Å². The second kappa shape index (κ2) is 4.10. The minimum atomic E-state index is 0.476. The van der Waals surface area contributed by atoms with Crippen molar-refractivity contribution in [1.82, 2.24) is 14.5 Å². The van der Waals surface area contributed by atoms with Gasteiger partial charge in [-0.25, -0.2) is 9.97 Å². The summed E-state index contributed by atoms with van der Waals surface area (Å²) in [6.07, 6.45) is 1.79. The Morgan fingerprint density at radius 1 is 1.33 bits per heavy atom. The summed E-state index contributed by atoms with van der Waals surface area (Å²) in [5.41, 5.74) is 1.82. The molecule has 0 aromatic carbocycles. The Morgan fingerprint density at radius 2 is 2.11 bits per heavy atom. The molecule has 0 saturated carbocycles. The lowest BCUT2D eigenvalue weighted by atomic mass is 10.2. The van der Waals surface area contributed by atoms with Crippen molar-refractivity contribution in [3.63, 3.8) is 0 Å². The number of hydrogen-bond acceptors (Lipinski definition) is 3. The van der Waals surface area contributed by atoms with Crippen molar-refractivity contribution in [3.05, 3.63) is 28.0 Å². The Hall–Kier alpha value is -1.33. The first-order valence-electron chi connectivity index (χ1n) is 5.26. The highest BCUT2D eigenvalue weighted by atomic mass is 79.9. The molecule has 3 heterocycles. The molecule has 0 fully saturated rings. The first-order chi connectivity index (χ1) is 8.63. The molecule has 18 heavy (non-hydrogen) atoms. The van der Waals surface area contributed by atoms with E-state index in [-0.39, 0.29) is 0 Å². The van der Waals surface area contributed by atoms with Crippen molar-refractivity contribution >= 4 is 49.5 Å². The van der Waals surface area contributed by atoms with Gasteiger partial charge in [-0.2, -0.15) is 0 Å². The minimum Gasteiger partial charge on any atom is -0.480 e. The van der Waals surface area contributed by atoms with E-state index < -0.39 is 0 Å². The van der Waals surface area contributed by atoms with Crippen molar-refractivity contribution in [2.24, 2.45) is 7.05 Å². The third-order valence-corrected chi connectivity index (χ3v) is 3.86. The number of aryl methyl sites for hydroxylation is 1. The Balaban J connectivity index is 2.55. The molecule has 0 amide bonds. The van der Waals surface area contributed by atoms with Gasteiger partial charge in [0.1, 0.15) is 15.3 Å². The normalized spacial score (nSPS) is 11.3. The molecule has 6 heteroatoms. The van der Waals surface area contributed by atoms with Crippen LogP contribution < -0.4 is 4.74 Å². The molecule has 0 spiro atoms. The number of fused-ring (bicyclic) bond motifs is 3. The molecule has 0 atom stereocenters. The van der Waals surface area contributed by atoms with Gasteiger partial charge in [-0.3, -0.25) is 0 Å². The van der Waals surface area contributed by atoms with Gasteiger partial charge in [0.15, 0.2) is 0 Å². The van der Waals surface area contributed by atoms with Crippen molar-refractivity contribution in [2.75, 3.05) is 7.11 Å². The van der Waals surface area contributed by atoms with Crippen LogP contribution in [0.3, 0.4) is 0 Å². The number of ether oxygens (including phenoxy) is 1. The van der Waals surface area contributed by atoms with Gasteiger partial charge in [0.2, 0.25) is 5.88 Å². The maximum Gasteiger partial charge on any atom is 0.229 e. The lowest BCUT2D eigenvalue weighted by Gasteiger charge is -2.04. The number of rotatable bonds is 1. The molecule has 0 N–H and O–H groups in total. The van der Waals surface area contributed by atoms with Crippen LogP contribution in [0, 0.1) is 0 Å². The molecular weight excluding hydrogens is 318 g/mol. The van der Waals surface area contributed by atoms with Crippen LogP contribution in [0.5, 0.6) is 5.88 Å². The van der Waals surface area contributed by atoms with E-state index in [1.165, 1.54) is 0 Å². The first-order valence-corrected chi connectivity index (χ1v) is 6.43. The first kappa shape index (κ1) is 11.7. The number of nitrogens with zero attached hydrogens (tertiary/aromatic N) is 3. The number of aromatic nitrogens is 3. The van der Waals surface area contributed by atoms with Gasteiger partial charge in [0, 0.05) is 24.0 Å². The zero-order chi connectivity index (χ0) is 12.9. The van der Waals surface area contributed by atoms with E-state index in [2.05, 4.69) is 25.9 Å². The van der Waals surface area contributed by atoms with Gasteiger partial charge in [0.05, 0.1) is 12.6 Å². The summed E-state index contributed by atoms with van der Waals surface area (Å²) >= 11 is 9.46. The number of methoxy groups -OCH3 is 1. The number of hydrogen-bond donors (Lipinski definition) is 0. The Kier molecular flexibility index (Phi) is 2.68. The van der Waals surface area contributed by atoms with E-state index in [1.807, 2.05) is 17.7 Å². The summed E-state index contributed by atoms with van der Waals surface area (Å²) in [7, 11) is 3.54. The van der Waals surface area contributed by atoms with Crippen LogP contribution in [-0.2, 0) is 7.05 Å². The van der Waals surface area contributed by atoms with Crippen LogP contribution in [0.1, 0.15) is 0 Å². The molecule has 0 aliphatic rings. The second-order valence-corrected chi connectivity index (χ2v) is 5.09. The average Bonchev–Trinajstić information content (AvgIpc) is 2.64. The minimum absolute atomic E-state index is 0.476. The molecule has 0 radical (unpaired) electrons. The molecular formula is C12H9BrClN3O. The van der Waals surface area contributed by atoms with Crippen LogP contribution in [0.25, 0.3) is 21.9 Å². The lowest BCUT2D eigenvalue weighted by molar-refractivity contribution is 0.396. The molecule has 4 nitrogen and oxygen atoms in total. The molecule has 0 unspecified atom stereocenters. The van der Waals surface area contributed by atoms with Crippen molar-refractivity contribution < 1.29 is 4.74 Å². The van der Waals surface area contributed by atoms with Gasteiger partial charge in [-0.15, -0.1) is 0 Å². The Bertz CT molecular complexity index is 769. The van der Waals surface area contributed by atoms with Gasteiger partial charge < -0.3 is 9.30 Å². The summed E-state index contributed by atoms with van der Waals surface area (Å²) < 4.78 is 8.01. The van der Waals surface area contributed by atoms with E-state index in [0.717, 1.165) is 26.4 Å². The van der Waals surface area contributed by atoms with Crippen LogP contribution in [-0.4, -0.2) is 21.6 Å². The van der Waals surface area contributed by atoms with Gasteiger partial charge in [-0.1, -0.05) is 11.6 Å². The number of pyridine rings is 2. The standard InChI is InChI=1S/C12H9BrClN3O/c1-17-10-7(5-15-12(18-2)9(10)13)6-3-4-8(14)16-11(6)17/h3-5H,1-2H3. The highest BCUT2D eigenvalue weighted by molar-refractivity contribution is 9.10. The zero-order valence-electron chi connectivity index (χ0n) is 9.74. The van der Waals surface area contributed by atoms with Crippen LogP contribution in [0.15, 0.2) is 22.8 Å². The molecule has 92 valence electrons. The third-order valence-electron chi connectivity index (χ3n) is 2.94. The van der Waals surface area contributed by atoms with E-state index in [9.17, 15) is 0 Å². The van der Waals surface area contributed by atoms with Crippen molar-refractivity contribution in [2.45, 2.75) is 0 Å². The van der Waals surface area contributed by atoms with Crippen molar-refractivity contribution in [3.8, 4) is 5.88 Å². The molecule has 3 rings (SSSR count). The summed E-state index contributed by atoms with van der Waals surface area (Å²) in [5, 5.41) is 2.52. The molecule has 0 aliphatic carbocycles. The van der Waals surface area contributed by atoms with Gasteiger partial charge in [-0.05, 0) is 28.1 Å². The average molecular weight is 327 g/mol. The van der Waals surface area contributed by atoms with Crippen molar-refractivity contribution in [1.29, 1.82) is 0 Å². The van der Waals surface area contributed by atoms with E-state index in [1.54, 1.807) is 19.4 Å². The largest absolute Gasteiger partial charge is 0.480 e. The Morgan fingerprint density at radius 3 is 2.83 bits per heavy atom. The number of halogens is 2. The van der Waals surface area contributed by atoms with E-state index >= 15 is 0 Å². The van der Waals surface area contributed by atoms with E-state index in [4.69, 9.17) is 16.3 Å². The predicted octanol–water partition coefficient (Wildman–Crippen LogP) is 3.55. The molecule has 0 saturated heterocycles. The fourth-order valence-corrected chi connectivity index (χ4v) is 3.01. The predicted molar refractivity (Wildman–Crippen MR) is 75.3 cm³/mol. The zero-order valence-corrected chi connectivity index (χ0v) is 12.1. The summed E-state index contributed by atoms with van der Waals surface area (Å²) in [5.74, 6) is 0.555.